The van der Waals surface area contributed by atoms with Crippen LogP contribution in [0, 0.1) is 6.26 Å². The van der Waals surface area contributed by atoms with Gasteiger partial charge in [-0.3, -0.25) is 4.55 Å². The van der Waals surface area contributed by atoms with Gasteiger partial charge in [-0.05, 0) is 10.8 Å². The molecule has 1 N–H and O–H groups in total. The van der Waals surface area contributed by atoms with Gasteiger partial charge in [-0.1, -0.05) is 0 Å². The Morgan fingerprint density at radius 2 is 1.83 bits per heavy atom. The summed E-state index contributed by atoms with van der Waals surface area (Å²) in [5.41, 5.74) is 0. The highest BCUT2D eigenvalue weighted by Crippen LogP contribution is 2.02. The van der Waals surface area contributed by atoms with Crippen molar-refractivity contribution in [2.24, 2.45) is 0 Å². The van der Waals surface area contributed by atoms with Crippen LogP contribution in [-0.2, 0) is 9.15 Å². The highest BCUT2D eigenvalue weighted by molar-refractivity contribution is 8.70. The maximum Gasteiger partial charge on any atom is 0.319 e. The predicted molar refractivity (Wildman–Crippen MR) is 24.5 cm³/mol. The number of hydrogen-bond acceptors (Lipinski definition) is 3. The third kappa shape index (κ3) is 4.26. The Balaban J connectivity index is 3.85. The van der Waals surface area contributed by atoms with Crippen molar-refractivity contribution >= 4 is 19.9 Å². The molecule has 0 aliphatic heterocycles. The molecule has 0 aromatic carbocycles. The highest BCUT2D eigenvalue weighted by atomic mass is 33.1. The molecule has 0 amide bonds. The molecule has 1 radical (unpaired) electrons. The molecule has 0 saturated carbocycles. The normalized spacial score (nSPS) is 11.7. The van der Waals surface area contributed by atoms with Crippen LogP contribution in [0.2, 0.25) is 0 Å². The summed E-state index contributed by atoms with van der Waals surface area (Å²) in [6, 6.07) is 0. The first-order valence-electron chi connectivity index (χ1n) is 0.971. The summed E-state index contributed by atoms with van der Waals surface area (Å²) < 4.78 is 26.6. The third-order valence-electron chi connectivity index (χ3n) is 0.149. The van der Waals surface area contributed by atoms with Gasteiger partial charge in [-0.2, -0.15) is 8.42 Å². The predicted octanol–water partition coefficient (Wildman–Crippen LogP) is 0.314. The molecule has 0 spiro atoms. The first kappa shape index (κ1) is 6.26. The summed E-state index contributed by atoms with van der Waals surface area (Å²) in [4.78, 5) is 0. The summed E-state index contributed by atoms with van der Waals surface area (Å²) in [5, 5.41) is 0. The molecule has 0 fully saturated rings. The van der Waals surface area contributed by atoms with Gasteiger partial charge in [0.05, 0.1) is 0 Å². The quantitative estimate of drug-likeness (QED) is 0.407. The van der Waals surface area contributed by atoms with Gasteiger partial charge in [0.1, 0.15) is 0 Å². The molecular formula is CH3O3S2. The molecule has 0 unspecified atom stereocenters. The average molecular weight is 127 g/mol. The summed E-state index contributed by atoms with van der Waals surface area (Å²) in [7, 11) is -3.70. The van der Waals surface area contributed by atoms with E-state index in [0.717, 1.165) is 0 Å². The molecule has 0 atom stereocenters. The third-order valence-corrected chi connectivity index (χ3v) is 1.34. The molecule has 0 heterocycles. The van der Waals surface area contributed by atoms with E-state index in [1.54, 1.807) is 0 Å². The van der Waals surface area contributed by atoms with Crippen LogP contribution in [0.4, 0.5) is 0 Å². The lowest BCUT2D eigenvalue weighted by atomic mass is 12.0. The van der Waals surface area contributed by atoms with Crippen LogP contribution in [0.25, 0.3) is 0 Å². The Morgan fingerprint density at radius 1 is 1.67 bits per heavy atom. The van der Waals surface area contributed by atoms with Crippen molar-refractivity contribution in [2.75, 3.05) is 0 Å². The molecule has 0 bridgehead atoms. The van der Waals surface area contributed by atoms with Gasteiger partial charge < -0.3 is 0 Å². The fourth-order valence-corrected chi connectivity index (χ4v) is 0. The second-order valence-corrected chi connectivity index (χ2v) is 3.61. The van der Waals surface area contributed by atoms with Crippen molar-refractivity contribution in [1.29, 1.82) is 0 Å². The lowest BCUT2D eigenvalue weighted by molar-refractivity contribution is 0.503. The maximum atomic E-state index is 9.46. The minimum atomic E-state index is -3.86. The lowest BCUT2D eigenvalue weighted by Crippen LogP contribution is -1.83. The summed E-state index contributed by atoms with van der Waals surface area (Å²) >= 11 is 0. The van der Waals surface area contributed by atoms with E-state index in [9.17, 15) is 8.42 Å². The fourth-order valence-electron chi connectivity index (χ4n) is 0. The van der Waals surface area contributed by atoms with E-state index in [2.05, 4.69) is 6.26 Å². The molecule has 37 valence electrons. The zero-order valence-electron chi connectivity index (χ0n) is 2.79. The van der Waals surface area contributed by atoms with E-state index in [4.69, 9.17) is 4.55 Å². The fraction of sp³-hybridized carbons (Fsp3) is 0. The van der Waals surface area contributed by atoms with Crippen LogP contribution in [-0.4, -0.2) is 13.0 Å². The topological polar surface area (TPSA) is 54.4 Å². The second-order valence-electron chi connectivity index (χ2n) is 0.546. The van der Waals surface area contributed by atoms with E-state index < -0.39 is 9.15 Å². The molecule has 0 rings (SSSR count). The van der Waals surface area contributed by atoms with Crippen molar-refractivity contribution in [3.05, 3.63) is 6.26 Å². The van der Waals surface area contributed by atoms with Crippen molar-refractivity contribution < 1.29 is 13.0 Å². The van der Waals surface area contributed by atoms with Crippen LogP contribution in [0.3, 0.4) is 0 Å². The van der Waals surface area contributed by atoms with Gasteiger partial charge >= 0.3 is 9.15 Å². The van der Waals surface area contributed by atoms with Gasteiger partial charge in [-0.15, -0.1) is 0 Å². The van der Waals surface area contributed by atoms with Gasteiger partial charge in [-0.25, -0.2) is 0 Å². The largest absolute Gasteiger partial charge is 0.319 e. The molecular weight excluding hydrogens is 124 g/mol. The van der Waals surface area contributed by atoms with Gasteiger partial charge in [0.15, 0.2) is 0 Å². The zero-order valence-corrected chi connectivity index (χ0v) is 4.42. The van der Waals surface area contributed by atoms with Crippen LogP contribution < -0.4 is 0 Å². The molecule has 0 aromatic heterocycles. The second kappa shape index (κ2) is 1.81. The van der Waals surface area contributed by atoms with E-state index in [1.165, 1.54) is 0 Å². The SMILES string of the molecule is [CH2]SS(=O)(=O)O. The van der Waals surface area contributed by atoms with Crippen LogP contribution in [0.1, 0.15) is 0 Å². The zero-order chi connectivity index (χ0) is 5.21. The molecule has 0 aromatic rings. The molecule has 6 heavy (non-hydrogen) atoms. The standard InChI is InChI=1S/CH3O3S2/c1-5-6(2,3)4/h1H2,(H,2,3,4). The van der Waals surface area contributed by atoms with Crippen molar-refractivity contribution in [3.8, 4) is 0 Å². The molecule has 5 heteroatoms. The summed E-state index contributed by atoms with van der Waals surface area (Å²) in [6.45, 7) is 0. The maximum absolute atomic E-state index is 9.46. The van der Waals surface area contributed by atoms with Gasteiger partial charge in [0.25, 0.3) is 0 Å². The Morgan fingerprint density at radius 3 is 1.83 bits per heavy atom. The van der Waals surface area contributed by atoms with E-state index in [1.807, 2.05) is 0 Å². The Labute approximate surface area is 39.9 Å². The van der Waals surface area contributed by atoms with Gasteiger partial charge in [0.2, 0.25) is 0 Å². The molecule has 0 saturated heterocycles. The summed E-state index contributed by atoms with van der Waals surface area (Å²) in [5.74, 6) is 0. The van der Waals surface area contributed by atoms with E-state index in [0.29, 0.717) is 0 Å². The molecule has 3 nitrogen and oxygen atoms in total. The molecule has 0 aliphatic carbocycles. The van der Waals surface area contributed by atoms with Gasteiger partial charge in [0, 0.05) is 6.26 Å². The average Bonchev–Trinajstić information content (AvgIpc) is 1.35. The Kier molecular flexibility index (Phi) is 1.89. The minimum absolute atomic E-state index is 0.160. The summed E-state index contributed by atoms with van der Waals surface area (Å²) in [6.07, 6.45) is 2.84. The molecule has 0 aliphatic rings. The van der Waals surface area contributed by atoms with Crippen molar-refractivity contribution in [2.45, 2.75) is 0 Å². The van der Waals surface area contributed by atoms with E-state index >= 15 is 0 Å². The highest BCUT2D eigenvalue weighted by Gasteiger charge is 1.94. The Hall–Kier alpha value is 0.260. The Bertz CT molecular complexity index is 111. The minimum Gasteiger partial charge on any atom is -0.277 e. The van der Waals surface area contributed by atoms with E-state index in [-0.39, 0.29) is 10.8 Å². The van der Waals surface area contributed by atoms with Crippen molar-refractivity contribution in [1.82, 2.24) is 0 Å². The smallest absolute Gasteiger partial charge is 0.277 e. The van der Waals surface area contributed by atoms with Crippen molar-refractivity contribution in [3.63, 3.8) is 0 Å². The lowest BCUT2D eigenvalue weighted by Gasteiger charge is -1.78. The van der Waals surface area contributed by atoms with Crippen LogP contribution in [0.15, 0.2) is 0 Å². The number of rotatable bonds is 1. The first-order valence-corrected chi connectivity index (χ1v) is 3.91. The van der Waals surface area contributed by atoms with Crippen LogP contribution in [0.5, 0.6) is 0 Å². The first-order chi connectivity index (χ1) is 2.56. The number of hydrogen-bond donors (Lipinski definition) is 1. The van der Waals surface area contributed by atoms with Crippen LogP contribution >= 0.6 is 10.8 Å². The monoisotopic (exact) mass is 127 g/mol.